The number of imidazole rings is 1. The number of nitrogens with zero attached hydrogens (tertiary/aromatic N) is 7. The van der Waals surface area contributed by atoms with Gasteiger partial charge in [-0.25, -0.2) is 14.5 Å². The number of hydrogen-bond acceptors (Lipinski definition) is 8. The lowest BCUT2D eigenvalue weighted by molar-refractivity contribution is 0.0950. The van der Waals surface area contributed by atoms with E-state index in [9.17, 15) is 4.79 Å². The molecule has 0 spiro atoms. The number of aromatic nitrogens is 7. The standard InChI is InChI=1S/C25H33N9O3/c1-32-12-10-26-24(32)23-29-22(28-16-6-7-17(14-16)37-4)21-20(25(35)27-9-5-13-36-3)18(15-34(21)31-23)19-8-11-33(2)30-19/h8,10-12,15-17H,5-7,9,13-14H2,1-4H3,(H,27,35)(H,28,29,31)/t16-,17-/m0/s1. The molecule has 12 nitrogen and oxygen atoms in total. The van der Waals surface area contributed by atoms with Crippen LogP contribution in [-0.2, 0) is 23.6 Å². The Labute approximate surface area is 215 Å². The Bertz CT molecular complexity index is 1390. The third-order valence-electron chi connectivity index (χ3n) is 6.74. The zero-order chi connectivity index (χ0) is 25.9. The molecule has 2 atom stereocenters. The Hall–Kier alpha value is -3.77. The first-order valence-corrected chi connectivity index (χ1v) is 12.5. The van der Waals surface area contributed by atoms with E-state index in [0.717, 1.165) is 19.3 Å². The van der Waals surface area contributed by atoms with E-state index in [-0.39, 0.29) is 18.1 Å². The van der Waals surface area contributed by atoms with E-state index < -0.39 is 0 Å². The summed E-state index contributed by atoms with van der Waals surface area (Å²) in [4.78, 5) is 23.0. The van der Waals surface area contributed by atoms with Gasteiger partial charge in [0.2, 0.25) is 5.82 Å². The zero-order valence-electron chi connectivity index (χ0n) is 21.6. The average Bonchev–Trinajstić information content (AvgIpc) is 3.68. The van der Waals surface area contributed by atoms with Gasteiger partial charge < -0.3 is 24.7 Å². The van der Waals surface area contributed by atoms with E-state index in [0.29, 0.717) is 59.4 Å². The lowest BCUT2D eigenvalue weighted by Gasteiger charge is -2.16. The molecule has 1 amide bonds. The quantitative estimate of drug-likeness (QED) is 0.313. The monoisotopic (exact) mass is 507 g/mol. The van der Waals surface area contributed by atoms with Crippen molar-refractivity contribution in [1.82, 2.24) is 39.2 Å². The summed E-state index contributed by atoms with van der Waals surface area (Å²) in [7, 11) is 7.14. The fourth-order valence-corrected chi connectivity index (χ4v) is 4.83. The molecule has 1 fully saturated rings. The maximum absolute atomic E-state index is 13.6. The molecule has 2 N–H and O–H groups in total. The van der Waals surface area contributed by atoms with Crippen LogP contribution in [0.4, 0.5) is 5.82 Å². The van der Waals surface area contributed by atoms with Crippen LogP contribution in [0.5, 0.6) is 0 Å². The van der Waals surface area contributed by atoms with Crippen LogP contribution < -0.4 is 10.6 Å². The van der Waals surface area contributed by atoms with E-state index in [1.54, 1.807) is 29.6 Å². The molecular weight excluding hydrogens is 474 g/mol. The van der Waals surface area contributed by atoms with Crippen LogP contribution >= 0.6 is 0 Å². The molecule has 196 valence electrons. The van der Waals surface area contributed by atoms with E-state index in [1.165, 1.54) is 0 Å². The molecule has 0 aliphatic heterocycles. The Morgan fingerprint density at radius 1 is 1.19 bits per heavy atom. The highest BCUT2D eigenvalue weighted by molar-refractivity contribution is 6.09. The van der Waals surface area contributed by atoms with Gasteiger partial charge in [0, 0.05) is 77.9 Å². The first-order chi connectivity index (χ1) is 18.0. The number of anilines is 1. The Kier molecular flexibility index (Phi) is 7.19. The largest absolute Gasteiger partial charge is 0.385 e. The maximum atomic E-state index is 13.6. The van der Waals surface area contributed by atoms with Crippen LogP contribution in [0.2, 0.25) is 0 Å². The van der Waals surface area contributed by atoms with Gasteiger partial charge in [0.15, 0.2) is 11.6 Å². The lowest BCUT2D eigenvalue weighted by Crippen LogP contribution is -2.26. The summed E-state index contributed by atoms with van der Waals surface area (Å²) in [5.74, 6) is 1.46. The number of ether oxygens (including phenoxy) is 2. The lowest BCUT2D eigenvalue weighted by atomic mass is 10.1. The molecule has 37 heavy (non-hydrogen) atoms. The van der Waals surface area contributed by atoms with Crippen molar-refractivity contribution < 1.29 is 14.3 Å². The summed E-state index contributed by atoms with van der Waals surface area (Å²) in [6.07, 6.45) is 10.9. The van der Waals surface area contributed by atoms with Crippen molar-refractivity contribution >= 4 is 17.2 Å². The molecule has 0 bridgehead atoms. The maximum Gasteiger partial charge on any atom is 0.254 e. The third kappa shape index (κ3) is 5.07. The van der Waals surface area contributed by atoms with Gasteiger partial charge in [0.1, 0.15) is 5.52 Å². The molecule has 4 heterocycles. The fourth-order valence-electron chi connectivity index (χ4n) is 4.83. The Balaban J connectivity index is 1.65. The number of methoxy groups -OCH3 is 2. The van der Waals surface area contributed by atoms with E-state index in [4.69, 9.17) is 19.6 Å². The molecule has 4 aromatic rings. The van der Waals surface area contributed by atoms with Crippen molar-refractivity contribution in [2.24, 2.45) is 14.1 Å². The van der Waals surface area contributed by atoms with Crippen LogP contribution in [0.15, 0.2) is 30.9 Å². The smallest absolute Gasteiger partial charge is 0.254 e. The van der Waals surface area contributed by atoms with Crippen LogP contribution in [0.1, 0.15) is 36.0 Å². The predicted octanol–water partition coefficient (Wildman–Crippen LogP) is 2.28. The number of hydrogen-bond donors (Lipinski definition) is 2. The molecule has 12 heteroatoms. The second kappa shape index (κ2) is 10.7. The fraction of sp³-hybridized carbons (Fsp3) is 0.480. The Morgan fingerprint density at radius 2 is 2.05 bits per heavy atom. The van der Waals surface area contributed by atoms with Gasteiger partial charge in [-0.1, -0.05) is 0 Å². The van der Waals surface area contributed by atoms with Crippen molar-refractivity contribution in [1.29, 1.82) is 0 Å². The number of fused-ring (bicyclic) bond motifs is 1. The van der Waals surface area contributed by atoms with Gasteiger partial charge in [-0.05, 0) is 31.7 Å². The molecule has 1 aliphatic rings. The number of carbonyl (C=O) groups is 1. The van der Waals surface area contributed by atoms with Gasteiger partial charge in [-0.15, -0.1) is 5.10 Å². The molecule has 1 saturated carbocycles. The SMILES string of the molecule is COCCCNC(=O)c1c(-c2ccn(C)n2)cn2nc(-c3nccn3C)nc(N[C@H]3CC[C@H](OC)C3)c12. The topological polar surface area (TPSA) is 125 Å². The minimum Gasteiger partial charge on any atom is -0.385 e. The molecule has 4 aromatic heterocycles. The second-order valence-corrected chi connectivity index (χ2v) is 9.35. The first-order valence-electron chi connectivity index (χ1n) is 12.5. The van der Waals surface area contributed by atoms with E-state index in [1.807, 2.05) is 43.3 Å². The average molecular weight is 508 g/mol. The van der Waals surface area contributed by atoms with Crippen molar-refractivity contribution in [3.8, 4) is 22.9 Å². The molecule has 1 aliphatic carbocycles. The molecule has 0 radical (unpaired) electrons. The summed E-state index contributed by atoms with van der Waals surface area (Å²) >= 11 is 0. The molecular formula is C25H33N9O3. The number of aryl methyl sites for hydroxylation is 2. The number of amides is 1. The number of nitrogens with one attached hydrogen (secondary N) is 2. The third-order valence-corrected chi connectivity index (χ3v) is 6.74. The molecule has 0 aromatic carbocycles. The minimum atomic E-state index is -0.211. The summed E-state index contributed by atoms with van der Waals surface area (Å²) in [5.41, 5.74) is 2.44. The van der Waals surface area contributed by atoms with Gasteiger partial charge in [-0.2, -0.15) is 5.10 Å². The zero-order valence-corrected chi connectivity index (χ0v) is 21.6. The summed E-state index contributed by atoms with van der Waals surface area (Å²) in [6.45, 7) is 1.05. The van der Waals surface area contributed by atoms with Crippen LogP contribution in [0, 0.1) is 0 Å². The van der Waals surface area contributed by atoms with Crippen LogP contribution in [-0.4, -0.2) is 79.4 Å². The van der Waals surface area contributed by atoms with Crippen molar-refractivity contribution in [3.05, 3.63) is 36.4 Å². The minimum absolute atomic E-state index is 0.156. The number of carbonyl (C=O) groups excluding carboxylic acids is 1. The van der Waals surface area contributed by atoms with Gasteiger partial charge in [-0.3, -0.25) is 9.48 Å². The van der Waals surface area contributed by atoms with Crippen LogP contribution in [0.25, 0.3) is 28.4 Å². The molecule has 5 rings (SSSR count). The number of rotatable bonds is 10. The first kappa shape index (κ1) is 24.9. The molecule has 0 saturated heterocycles. The van der Waals surface area contributed by atoms with Crippen LogP contribution in [0.3, 0.4) is 0 Å². The van der Waals surface area contributed by atoms with Gasteiger partial charge in [0.25, 0.3) is 5.91 Å². The summed E-state index contributed by atoms with van der Waals surface area (Å²) < 4.78 is 16.0. The second-order valence-electron chi connectivity index (χ2n) is 9.35. The normalized spacial score (nSPS) is 17.5. The highest BCUT2D eigenvalue weighted by Gasteiger charge is 2.29. The molecule has 0 unspecified atom stereocenters. The highest BCUT2D eigenvalue weighted by Crippen LogP contribution is 2.34. The predicted molar refractivity (Wildman–Crippen MR) is 138 cm³/mol. The summed E-state index contributed by atoms with van der Waals surface area (Å²) in [6, 6.07) is 2.04. The van der Waals surface area contributed by atoms with E-state index >= 15 is 0 Å². The van der Waals surface area contributed by atoms with Crippen molar-refractivity contribution in [3.63, 3.8) is 0 Å². The van der Waals surface area contributed by atoms with Crippen molar-refractivity contribution in [2.45, 2.75) is 37.8 Å². The summed E-state index contributed by atoms with van der Waals surface area (Å²) in [5, 5.41) is 16.0. The van der Waals surface area contributed by atoms with Gasteiger partial charge >= 0.3 is 0 Å². The highest BCUT2D eigenvalue weighted by atomic mass is 16.5. The Morgan fingerprint density at radius 3 is 2.73 bits per heavy atom. The van der Waals surface area contributed by atoms with Crippen molar-refractivity contribution in [2.75, 3.05) is 32.7 Å². The van der Waals surface area contributed by atoms with Gasteiger partial charge in [0.05, 0.1) is 17.4 Å². The van der Waals surface area contributed by atoms with E-state index in [2.05, 4.69) is 20.7 Å².